The molecule has 0 aromatic heterocycles. The fraction of sp³-hybridized carbons (Fsp3) is 0.500. The lowest BCUT2D eigenvalue weighted by molar-refractivity contribution is 0.0972. The van der Waals surface area contributed by atoms with E-state index in [1.165, 1.54) is 5.56 Å². The van der Waals surface area contributed by atoms with Crippen LogP contribution in [-0.2, 0) is 0 Å². The van der Waals surface area contributed by atoms with E-state index in [0.29, 0.717) is 11.5 Å². The summed E-state index contributed by atoms with van der Waals surface area (Å²) in [4.78, 5) is 11.9. The number of Topliss-reactive ketones (excluding diaryl/α,β-unsaturated/α-hetero) is 1. The summed E-state index contributed by atoms with van der Waals surface area (Å²) in [5.74, 6) is 0.673. The van der Waals surface area contributed by atoms with Crippen LogP contribution in [0.25, 0.3) is 0 Å². The van der Waals surface area contributed by atoms with Crippen molar-refractivity contribution >= 4 is 17.4 Å². The summed E-state index contributed by atoms with van der Waals surface area (Å²) in [6.07, 6.45) is 0. The second kappa shape index (κ2) is 5.49. The average molecular weight is 239 g/mol. The quantitative estimate of drug-likeness (QED) is 0.566. The van der Waals surface area contributed by atoms with Crippen LogP contribution in [-0.4, -0.2) is 11.2 Å². The lowest BCUT2D eigenvalue weighted by Gasteiger charge is -2.12. The Labute approximate surface area is 103 Å². The molecular weight excluding hydrogens is 220 g/mol. The van der Waals surface area contributed by atoms with Crippen molar-refractivity contribution in [3.63, 3.8) is 0 Å². The van der Waals surface area contributed by atoms with Gasteiger partial charge in [0, 0.05) is 5.56 Å². The Morgan fingerprint density at radius 2 is 1.56 bits per heavy atom. The predicted molar refractivity (Wildman–Crippen MR) is 69.3 cm³/mol. The van der Waals surface area contributed by atoms with Crippen molar-refractivity contribution in [1.82, 2.24) is 0 Å². The van der Waals surface area contributed by atoms with Gasteiger partial charge in [0.1, 0.15) is 0 Å². The molecule has 0 saturated carbocycles. The van der Waals surface area contributed by atoms with Gasteiger partial charge in [-0.3, -0.25) is 4.79 Å². The molecule has 0 N–H and O–H groups in total. The highest BCUT2D eigenvalue weighted by Crippen LogP contribution is 2.19. The molecule has 1 aromatic rings. The van der Waals surface area contributed by atoms with E-state index in [1.54, 1.807) is 0 Å². The maximum absolute atomic E-state index is 11.9. The van der Waals surface area contributed by atoms with Gasteiger partial charge >= 0.3 is 0 Å². The Morgan fingerprint density at radius 1 is 1.06 bits per heavy atom. The van der Waals surface area contributed by atoms with Crippen LogP contribution in [0.4, 0.5) is 0 Å². The number of hydrogen-bond acceptors (Lipinski definition) is 1. The minimum absolute atomic E-state index is 0.0203. The van der Waals surface area contributed by atoms with Gasteiger partial charge in [-0.15, -0.1) is 11.6 Å². The van der Waals surface area contributed by atoms with Gasteiger partial charge < -0.3 is 0 Å². The van der Waals surface area contributed by atoms with E-state index in [0.717, 1.165) is 0 Å². The van der Waals surface area contributed by atoms with Crippen LogP contribution in [0.1, 0.15) is 49.5 Å². The van der Waals surface area contributed by atoms with Crippen LogP contribution in [0.5, 0.6) is 0 Å². The summed E-state index contributed by atoms with van der Waals surface area (Å²) in [6.45, 7) is 8.18. The van der Waals surface area contributed by atoms with Gasteiger partial charge in [-0.1, -0.05) is 52.0 Å². The number of carbonyl (C=O) groups is 1. The van der Waals surface area contributed by atoms with Crippen molar-refractivity contribution in [2.75, 3.05) is 0 Å². The SMILES string of the molecule is CC(C)c1ccc(C(=O)C(Cl)C(C)C)cc1. The lowest BCUT2D eigenvalue weighted by Crippen LogP contribution is -2.20. The van der Waals surface area contributed by atoms with E-state index in [2.05, 4.69) is 13.8 Å². The Hall–Kier alpha value is -0.820. The number of ketones is 1. The highest BCUT2D eigenvalue weighted by atomic mass is 35.5. The third-order valence-electron chi connectivity index (χ3n) is 2.70. The molecule has 0 aliphatic rings. The highest BCUT2D eigenvalue weighted by Gasteiger charge is 2.20. The smallest absolute Gasteiger partial charge is 0.180 e. The average Bonchev–Trinajstić information content (AvgIpc) is 2.27. The number of alkyl halides is 1. The largest absolute Gasteiger partial charge is 0.292 e. The van der Waals surface area contributed by atoms with Crippen molar-refractivity contribution in [2.45, 2.75) is 39.0 Å². The minimum Gasteiger partial charge on any atom is -0.292 e. The Bertz CT molecular complexity index is 352. The molecule has 0 aliphatic heterocycles. The molecule has 88 valence electrons. The zero-order valence-electron chi connectivity index (χ0n) is 10.3. The summed E-state index contributed by atoms with van der Waals surface area (Å²) in [6, 6.07) is 7.74. The molecule has 0 aliphatic carbocycles. The van der Waals surface area contributed by atoms with Gasteiger partial charge in [0.05, 0.1) is 5.38 Å². The molecule has 1 nitrogen and oxygen atoms in total. The number of hydrogen-bond donors (Lipinski definition) is 0. The summed E-state index contributed by atoms with van der Waals surface area (Å²) >= 11 is 6.05. The molecule has 0 amide bonds. The van der Waals surface area contributed by atoms with Gasteiger partial charge in [0.15, 0.2) is 5.78 Å². The third kappa shape index (κ3) is 3.08. The van der Waals surface area contributed by atoms with Crippen LogP contribution >= 0.6 is 11.6 Å². The first-order chi connectivity index (χ1) is 7.43. The first kappa shape index (κ1) is 13.2. The van der Waals surface area contributed by atoms with E-state index in [4.69, 9.17) is 11.6 Å². The first-order valence-electron chi connectivity index (χ1n) is 5.71. The normalized spacial score (nSPS) is 13.2. The molecule has 0 spiro atoms. The zero-order chi connectivity index (χ0) is 12.3. The van der Waals surface area contributed by atoms with Gasteiger partial charge in [-0.05, 0) is 17.4 Å². The molecule has 1 unspecified atom stereocenters. The van der Waals surface area contributed by atoms with Crippen molar-refractivity contribution in [1.29, 1.82) is 0 Å². The first-order valence-corrected chi connectivity index (χ1v) is 6.15. The van der Waals surface area contributed by atoms with Crippen molar-refractivity contribution in [3.05, 3.63) is 35.4 Å². The Balaban J connectivity index is 2.86. The van der Waals surface area contributed by atoms with Gasteiger partial charge in [0.2, 0.25) is 0 Å². The summed E-state index contributed by atoms with van der Waals surface area (Å²) in [5, 5.41) is -0.426. The maximum Gasteiger partial charge on any atom is 0.180 e. The lowest BCUT2D eigenvalue weighted by atomic mass is 9.97. The third-order valence-corrected chi connectivity index (χ3v) is 3.40. The van der Waals surface area contributed by atoms with E-state index >= 15 is 0 Å². The van der Waals surface area contributed by atoms with E-state index in [1.807, 2.05) is 38.1 Å². The number of rotatable bonds is 4. The standard InChI is InChI=1S/C14H19ClO/c1-9(2)11-5-7-12(8-6-11)14(16)13(15)10(3)4/h5-10,13H,1-4H3. The van der Waals surface area contributed by atoms with Crippen LogP contribution < -0.4 is 0 Å². The van der Waals surface area contributed by atoms with Crippen LogP contribution in [0.2, 0.25) is 0 Å². The molecule has 0 heterocycles. The molecule has 0 saturated heterocycles. The molecule has 0 bridgehead atoms. The molecule has 2 heteroatoms. The highest BCUT2D eigenvalue weighted by molar-refractivity contribution is 6.34. The second-order valence-electron chi connectivity index (χ2n) is 4.79. The number of carbonyl (C=O) groups excluding carboxylic acids is 1. The second-order valence-corrected chi connectivity index (χ2v) is 5.26. The summed E-state index contributed by atoms with van der Waals surface area (Å²) in [5.41, 5.74) is 1.95. The van der Waals surface area contributed by atoms with Gasteiger partial charge in [-0.2, -0.15) is 0 Å². The summed E-state index contributed by atoms with van der Waals surface area (Å²) < 4.78 is 0. The number of benzene rings is 1. The van der Waals surface area contributed by atoms with E-state index in [9.17, 15) is 4.79 Å². The fourth-order valence-electron chi connectivity index (χ4n) is 1.49. The number of halogens is 1. The molecular formula is C14H19ClO. The fourth-order valence-corrected chi connectivity index (χ4v) is 1.62. The molecule has 0 fully saturated rings. The van der Waals surface area contributed by atoms with Gasteiger partial charge in [0.25, 0.3) is 0 Å². The topological polar surface area (TPSA) is 17.1 Å². The molecule has 1 aromatic carbocycles. The van der Waals surface area contributed by atoms with Crippen LogP contribution in [0, 0.1) is 5.92 Å². The van der Waals surface area contributed by atoms with Crippen molar-refractivity contribution < 1.29 is 4.79 Å². The van der Waals surface area contributed by atoms with Crippen molar-refractivity contribution in [2.24, 2.45) is 5.92 Å². The molecule has 0 radical (unpaired) electrons. The van der Waals surface area contributed by atoms with E-state index in [-0.39, 0.29) is 11.7 Å². The predicted octanol–water partition coefficient (Wildman–Crippen LogP) is 4.26. The van der Waals surface area contributed by atoms with Crippen LogP contribution in [0.3, 0.4) is 0 Å². The Kier molecular flexibility index (Phi) is 4.55. The maximum atomic E-state index is 11.9. The van der Waals surface area contributed by atoms with Crippen LogP contribution in [0.15, 0.2) is 24.3 Å². The molecule has 16 heavy (non-hydrogen) atoms. The minimum atomic E-state index is -0.426. The zero-order valence-corrected chi connectivity index (χ0v) is 11.1. The van der Waals surface area contributed by atoms with Crippen molar-refractivity contribution in [3.8, 4) is 0 Å². The monoisotopic (exact) mass is 238 g/mol. The Morgan fingerprint density at radius 3 is 1.94 bits per heavy atom. The van der Waals surface area contributed by atoms with Gasteiger partial charge in [-0.25, -0.2) is 0 Å². The summed E-state index contributed by atoms with van der Waals surface area (Å²) in [7, 11) is 0. The molecule has 1 atom stereocenters. The molecule has 1 rings (SSSR count). The van der Waals surface area contributed by atoms with E-state index < -0.39 is 5.38 Å².